The fourth-order valence-electron chi connectivity index (χ4n) is 2.55. The van der Waals surface area contributed by atoms with Crippen LogP contribution < -0.4 is 5.32 Å². The Morgan fingerprint density at radius 1 is 1.50 bits per heavy atom. The minimum atomic E-state index is -0.914. The molecule has 7 nitrogen and oxygen atoms in total. The van der Waals surface area contributed by atoms with E-state index in [1.165, 1.54) is 7.11 Å². The molecule has 0 atom stereocenters. The molecular formula is C13H22N4O3. The highest BCUT2D eigenvalue weighted by atomic mass is 16.5. The molecule has 1 saturated heterocycles. The number of nitrogens with zero attached hydrogens (tertiary/aromatic N) is 3. The summed E-state index contributed by atoms with van der Waals surface area (Å²) >= 11 is 0. The highest BCUT2D eigenvalue weighted by Crippen LogP contribution is 2.28. The van der Waals surface area contributed by atoms with Crippen molar-refractivity contribution in [3.8, 4) is 0 Å². The number of esters is 1. The maximum Gasteiger partial charge on any atom is 0.360 e. The Labute approximate surface area is 118 Å². The molecule has 1 aliphatic rings. The van der Waals surface area contributed by atoms with Crippen LogP contribution in [0.3, 0.4) is 0 Å². The number of methoxy groups -OCH3 is 1. The van der Waals surface area contributed by atoms with E-state index >= 15 is 0 Å². The Kier molecular flexibility index (Phi) is 4.39. The van der Waals surface area contributed by atoms with Gasteiger partial charge in [0.1, 0.15) is 0 Å². The number of carbonyl (C=O) groups is 1. The quantitative estimate of drug-likeness (QED) is 0.772. The predicted octanol–water partition coefficient (Wildman–Crippen LogP) is 0.303. The number of hydrogen-bond donors (Lipinski definition) is 2. The van der Waals surface area contributed by atoms with E-state index in [-0.39, 0.29) is 11.6 Å². The molecule has 1 aliphatic heterocycles. The molecule has 0 radical (unpaired) electrons. The number of carbonyl (C=O) groups excluding carboxylic acids is 1. The minimum absolute atomic E-state index is 0.211. The first-order valence-electron chi connectivity index (χ1n) is 6.87. The molecule has 0 saturated carbocycles. The van der Waals surface area contributed by atoms with Crippen LogP contribution in [0.1, 0.15) is 48.8 Å². The number of ether oxygens (including phenoxy) is 1. The predicted molar refractivity (Wildman–Crippen MR) is 72.5 cm³/mol. The molecule has 2 heterocycles. The summed E-state index contributed by atoms with van der Waals surface area (Å²) in [7, 11) is 1.34. The number of nitrogens with one attached hydrogen (secondary N) is 1. The van der Waals surface area contributed by atoms with Gasteiger partial charge in [-0.1, -0.05) is 5.21 Å². The van der Waals surface area contributed by atoms with Gasteiger partial charge < -0.3 is 15.2 Å². The molecular weight excluding hydrogens is 260 g/mol. The zero-order valence-electron chi connectivity index (χ0n) is 12.2. The Morgan fingerprint density at radius 3 is 2.70 bits per heavy atom. The maximum absolute atomic E-state index is 11.8. The van der Waals surface area contributed by atoms with Crippen molar-refractivity contribution in [2.75, 3.05) is 20.2 Å². The van der Waals surface area contributed by atoms with Crippen molar-refractivity contribution < 1.29 is 14.6 Å². The lowest BCUT2D eigenvalue weighted by molar-refractivity contribution is 0.0546. The van der Waals surface area contributed by atoms with Crippen molar-refractivity contribution in [3.05, 3.63) is 11.4 Å². The molecule has 112 valence electrons. The lowest BCUT2D eigenvalue weighted by atomic mass is 9.92. The van der Waals surface area contributed by atoms with Gasteiger partial charge in [0.25, 0.3) is 0 Å². The molecule has 20 heavy (non-hydrogen) atoms. The summed E-state index contributed by atoms with van der Waals surface area (Å²) in [5.74, 6) is -0.261. The van der Waals surface area contributed by atoms with Crippen LogP contribution in [-0.2, 0) is 11.3 Å². The third-order valence-corrected chi connectivity index (χ3v) is 3.41. The molecule has 2 rings (SSSR count). The second kappa shape index (κ2) is 5.88. The highest BCUT2D eigenvalue weighted by Gasteiger charge is 2.30. The van der Waals surface area contributed by atoms with Gasteiger partial charge >= 0.3 is 5.97 Å². The lowest BCUT2D eigenvalue weighted by Crippen LogP contribution is -2.32. The summed E-state index contributed by atoms with van der Waals surface area (Å²) in [5.41, 5.74) is 0.132. The van der Waals surface area contributed by atoms with Gasteiger partial charge in [-0.05, 0) is 39.8 Å². The van der Waals surface area contributed by atoms with Gasteiger partial charge in [0, 0.05) is 5.92 Å². The summed E-state index contributed by atoms with van der Waals surface area (Å²) in [5, 5.41) is 21.3. The fraction of sp³-hybridized carbons (Fsp3) is 0.769. The summed E-state index contributed by atoms with van der Waals surface area (Å²) in [6, 6.07) is 0. The van der Waals surface area contributed by atoms with Crippen LogP contribution in [0.4, 0.5) is 0 Å². The van der Waals surface area contributed by atoms with E-state index in [0.717, 1.165) is 31.6 Å². The van der Waals surface area contributed by atoms with E-state index in [9.17, 15) is 9.90 Å². The third kappa shape index (κ3) is 3.34. The summed E-state index contributed by atoms with van der Waals surface area (Å²) in [6.45, 7) is 5.52. The van der Waals surface area contributed by atoms with Gasteiger partial charge in [0.2, 0.25) is 0 Å². The fourth-order valence-corrected chi connectivity index (χ4v) is 2.55. The SMILES string of the molecule is COC(=O)c1nnn(CC(C)(C)O)c1C1CCNCC1. The van der Waals surface area contributed by atoms with E-state index in [1.54, 1.807) is 18.5 Å². The first-order chi connectivity index (χ1) is 9.42. The number of rotatable bonds is 4. The van der Waals surface area contributed by atoms with Crippen LogP contribution in [0.5, 0.6) is 0 Å². The number of hydrogen-bond acceptors (Lipinski definition) is 6. The number of aromatic nitrogens is 3. The van der Waals surface area contributed by atoms with Gasteiger partial charge in [-0.2, -0.15) is 0 Å². The van der Waals surface area contributed by atoms with Crippen LogP contribution in [0.15, 0.2) is 0 Å². The van der Waals surface area contributed by atoms with E-state index < -0.39 is 11.6 Å². The van der Waals surface area contributed by atoms with Crippen LogP contribution in [0.25, 0.3) is 0 Å². The van der Waals surface area contributed by atoms with E-state index in [0.29, 0.717) is 6.54 Å². The molecule has 0 bridgehead atoms. The molecule has 0 amide bonds. The smallest absolute Gasteiger partial charge is 0.360 e. The average Bonchev–Trinajstić information content (AvgIpc) is 2.80. The summed E-state index contributed by atoms with van der Waals surface area (Å²) in [6.07, 6.45) is 1.84. The monoisotopic (exact) mass is 282 g/mol. The largest absolute Gasteiger partial charge is 0.464 e. The number of aliphatic hydroxyl groups is 1. The van der Waals surface area contributed by atoms with Crippen molar-refractivity contribution >= 4 is 5.97 Å². The zero-order valence-corrected chi connectivity index (χ0v) is 12.2. The van der Waals surface area contributed by atoms with Crippen molar-refractivity contribution in [2.24, 2.45) is 0 Å². The van der Waals surface area contributed by atoms with Gasteiger partial charge in [0.05, 0.1) is 24.9 Å². The second-order valence-electron chi connectivity index (χ2n) is 5.81. The van der Waals surface area contributed by atoms with Gasteiger partial charge in [-0.25, -0.2) is 9.48 Å². The second-order valence-corrected chi connectivity index (χ2v) is 5.81. The molecule has 1 aromatic rings. The van der Waals surface area contributed by atoms with Crippen LogP contribution >= 0.6 is 0 Å². The number of piperidine rings is 1. The molecule has 0 spiro atoms. The molecule has 0 aliphatic carbocycles. The molecule has 1 fully saturated rings. The normalized spacial score (nSPS) is 17.2. The van der Waals surface area contributed by atoms with Crippen molar-refractivity contribution in [1.29, 1.82) is 0 Å². The first kappa shape index (κ1) is 14.9. The standard InChI is InChI=1S/C13H22N4O3/c1-13(2,19)8-17-11(9-4-6-14-7-5-9)10(15-16-17)12(18)20-3/h9,14,19H,4-8H2,1-3H3. The Balaban J connectivity index is 2.36. The van der Waals surface area contributed by atoms with Crippen molar-refractivity contribution in [2.45, 2.75) is 44.8 Å². The van der Waals surface area contributed by atoms with Crippen LogP contribution in [0.2, 0.25) is 0 Å². The molecule has 0 unspecified atom stereocenters. The zero-order chi connectivity index (χ0) is 14.8. The van der Waals surface area contributed by atoms with Gasteiger partial charge in [0.15, 0.2) is 5.69 Å². The van der Waals surface area contributed by atoms with Crippen LogP contribution in [0, 0.1) is 0 Å². The molecule has 7 heteroatoms. The van der Waals surface area contributed by atoms with Crippen molar-refractivity contribution in [3.63, 3.8) is 0 Å². The van der Waals surface area contributed by atoms with Crippen LogP contribution in [-0.4, -0.2) is 51.9 Å². The third-order valence-electron chi connectivity index (χ3n) is 3.41. The lowest BCUT2D eigenvalue weighted by Gasteiger charge is -2.25. The van der Waals surface area contributed by atoms with Crippen molar-refractivity contribution in [1.82, 2.24) is 20.3 Å². The molecule has 2 N–H and O–H groups in total. The summed E-state index contributed by atoms with van der Waals surface area (Å²) < 4.78 is 6.42. The van der Waals surface area contributed by atoms with E-state index in [4.69, 9.17) is 4.74 Å². The Bertz CT molecular complexity index is 472. The topological polar surface area (TPSA) is 89.3 Å². The van der Waals surface area contributed by atoms with Gasteiger partial charge in [-0.15, -0.1) is 5.10 Å². The first-order valence-corrected chi connectivity index (χ1v) is 6.87. The van der Waals surface area contributed by atoms with E-state index in [1.807, 2.05) is 0 Å². The average molecular weight is 282 g/mol. The Morgan fingerprint density at radius 2 is 2.15 bits per heavy atom. The van der Waals surface area contributed by atoms with Gasteiger partial charge in [-0.3, -0.25) is 0 Å². The molecule has 1 aromatic heterocycles. The highest BCUT2D eigenvalue weighted by molar-refractivity contribution is 5.88. The minimum Gasteiger partial charge on any atom is -0.464 e. The summed E-state index contributed by atoms with van der Waals surface area (Å²) in [4.78, 5) is 11.8. The van der Waals surface area contributed by atoms with E-state index in [2.05, 4.69) is 15.6 Å². The Hall–Kier alpha value is -1.47. The maximum atomic E-state index is 11.8. The molecule has 0 aromatic carbocycles.